The fourth-order valence-electron chi connectivity index (χ4n) is 2.26. The molecule has 0 amide bonds. The third-order valence-electron chi connectivity index (χ3n) is 2.99. The average Bonchev–Trinajstić information content (AvgIpc) is 2.26. The van der Waals surface area contributed by atoms with Crippen LogP contribution in [0.3, 0.4) is 0 Å². The van der Waals surface area contributed by atoms with Crippen LogP contribution in [0.2, 0.25) is 0 Å². The smallest absolute Gasteiger partial charge is 0.273 e. The van der Waals surface area contributed by atoms with Gasteiger partial charge in [0.1, 0.15) is 5.82 Å². The number of aryl methyl sites for hydroxylation is 1. The van der Waals surface area contributed by atoms with Gasteiger partial charge in [-0.1, -0.05) is 13.0 Å². The molecule has 96 valence electrons. The summed E-state index contributed by atoms with van der Waals surface area (Å²) < 4.78 is 40.9. The van der Waals surface area contributed by atoms with Crippen molar-refractivity contribution in [1.82, 2.24) is 0 Å². The molecular formula is C14H14F3N. The van der Waals surface area contributed by atoms with Crippen LogP contribution in [0.15, 0.2) is 24.3 Å². The molecule has 0 heterocycles. The van der Waals surface area contributed by atoms with E-state index in [-0.39, 0.29) is 5.39 Å². The quantitative estimate of drug-likeness (QED) is 0.796. The predicted octanol–water partition coefficient (Wildman–Crippen LogP) is 4.24. The molecule has 2 rings (SSSR count). The van der Waals surface area contributed by atoms with Crippen LogP contribution in [0.5, 0.6) is 0 Å². The second-order valence-electron chi connectivity index (χ2n) is 4.44. The Kier molecular flexibility index (Phi) is 2.97. The maximum atomic E-state index is 13.7. The molecule has 0 bridgehead atoms. The lowest BCUT2D eigenvalue weighted by molar-refractivity contribution is 0.0154. The van der Waals surface area contributed by atoms with E-state index in [0.717, 1.165) is 6.07 Å². The standard InChI is InChI=1S/C14H14F3N/c1-3-8-6-10(18)7-9-4-5-11(15)13(12(8)9)14(2,16)17/h4-7H,3,18H2,1-2H3. The average molecular weight is 253 g/mol. The van der Waals surface area contributed by atoms with E-state index in [1.54, 1.807) is 12.1 Å². The summed E-state index contributed by atoms with van der Waals surface area (Å²) in [6.07, 6.45) is 0.522. The molecule has 0 aliphatic rings. The van der Waals surface area contributed by atoms with Crippen LogP contribution in [0.1, 0.15) is 25.0 Å². The highest BCUT2D eigenvalue weighted by atomic mass is 19.3. The van der Waals surface area contributed by atoms with Crippen molar-refractivity contribution in [2.75, 3.05) is 5.73 Å². The molecule has 2 N–H and O–H groups in total. The molecule has 2 aromatic carbocycles. The van der Waals surface area contributed by atoms with Gasteiger partial charge < -0.3 is 5.73 Å². The number of fused-ring (bicyclic) bond motifs is 1. The fourth-order valence-corrected chi connectivity index (χ4v) is 2.26. The Bertz CT molecular complexity index is 600. The van der Waals surface area contributed by atoms with Crippen LogP contribution in [0, 0.1) is 5.82 Å². The van der Waals surface area contributed by atoms with E-state index in [1.807, 2.05) is 6.92 Å². The van der Waals surface area contributed by atoms with Gasteiger partial charge in [0.05, 0.1) is 5.56 Å². The van der Waals surface area contributed by atoms with Gasteiger partial charge >= 0.3 is 0 Å². The summed E-state index contributed by atoms with van der Waals surface area (Å²) in [6, 6.07) is 5.75. The van der Waals surface area contributed by atoms with E-state index in [9.17, 15) is 13.2 Å². The molecule has 0 aliphatic heterocycles. The lowest BCUT2D eigenvalue weighted by atomic mass is 9.94. The summed E-state index contributed by atoms with van der Waals surface area (Å²) in [6.45, 7) is 2.54. The monoisotopic (exact) mass is 253 g/mol. The highest BCUT2D eigenvalue weighted by molar-refractivity contribution is 5.92. The van der Waals surface area contributed by atoms with E-state index in [0.29, 0.717) is 30.0 Å². The van der Waals surface area contributed by atoms with Gasteiger partial charge in [0.2, 0.25) is 0 Å². The van der Waals surface area contributed by atoms with Crippen LogP contribution < -0.4 is 5.73 Å². The largest absolute Gasteiger partial charge is 0.399 e. The molecule has 0 saturated heterocycles. The minimum absolute atomic E-state index is 0.277. The topological polar surface area (TPSA) is 26.0 Å². The Morgan fingerprint density at radius 3 is 2.44 bits per heavy atom. The SMILES string of the molecule is CCc1cc(N)cc2ccc(F)c(C(C)(F)F)c12. The number of nitrogens with two attached hydrogens (primary N) is 1. The summed E-state index contributed by atoms with van der Waals surface area (Å²) in [5, 5.41) is 0.823. The third kappa shape index (κ3) is 2.03. The van der Waals surface area contributed by atoms with E-state index in [2.05, 4.69) is 0 Å². The maximum absolute atomic E-state index is 13.7. The van der Waals surface area contributed by atoms with Crippen molar-refractivity contribution >= 4 is 16.5 Å². The van der Waals surface area contributed by atoms with Gasteiger partial charge in [0.25, 0.3) is 5.92 Å². The van der Waals surface area contributed by atoms with E-state index in [1.165, 1.54) is 6.07 Å². The second kappa shape index (κ2) is 4.19. The summed E-state index contributed by atoms with van der Waals surface area (Å²) in [4.78, 5) is 0. The van der Waals surface area contributed by atoms with E-state index in [4.69, 9.17) is 5.73 Å². The highest BCUT2D eigenvalue weighted by Gasteiger charge is 2.31. The van der Waals surface area contributed by atoms with Gasteiger partial charge in [-0.15, -0.1) is 0 Å². The predicted molar refractivity (Wildman–Crippen MR) is 67.3 cm³/mol. The molecule has 0 spiro atoms. The fraction of sp³-hybridized carbons (Fsp3) is 0.286. The van der Waals surface area contributed by atoms with Crippen molar-refractivity contribution in [3.05, 3.63) is 41.2 Å². The number of rotatable bonds is 2. The molecule has 0 unspecified atom stereocenters. The van der Waals surface area contributed by atoms with Crippen LogP contribution in [0.4, 0.5) is 18.9 Å². The van der Waals surface area contributed by atoms with E-state index >= 15 is 0 Å². The number of hydrogen-bond donors (Lipinski definition) is 1. The van der Waals surface area contributed by atoms with Crippen molar-refractivity contribution in [3.63, 3.8) is 0 Å². The summed E-state index contributed by atoms with van der Waals surface area (Å²) in [5.41, 5.74) is 6.31. The van der Waals surface area contributed by atoms with Gasteiger partial charge in [-0.25, -0.2) is 13.2 Å². The van der Waals surface area contributed by atoms with Gasteiger partial charge in [-0.05, 0) is 41.0 Å². The summed E-state index contributed by atoms with van der Waals surface area (Å²) in [7, 11) is 0. The number of halogens is 3. The third-order valence-corrected chi connectivity index (χ3v) is 2.99. The summed E-state index contributed by atoms with van der Waals surface area (Å²) in [5.74, 6) is -4.10. The van der Waals surface area contributed by atoms with Crippen molar-refractivity contribution in [1.29, 1.82) is 0 Å². The van der Waals surface area contributed by atoms with Gasteiger partial charge in [-0.3, -0.25) is 0 Å². The minimum Gasteiger partial charge on any atom is -0.399 e. The van der Waals surface area contributed by atoms with Crippen LogP contribution in [-0.2, 0) is 12.3 Å². The first-order valence-electron chi connectivity index (χ1n) is 5.73. The zero-order valence-corrected chi connectivity index (χ0v) is 10.2. The molecule has 0 radical (unpaired) electrons. The van der Waals surface area contributed by atoms with Crippen molar-refractivity contribution in [2.45, 2.75) is 26.2 Å². The number of benzene rings is 2. The van der Waals surface area contributed by atoms with Crippen molar-refractivity contribution in [3.8, 4) is 0 Å². The van der Waals surface area contributed by atoms with Crippen LogP contribution >= 0.6 is 0 Å². The molecule has 4 heteroatoms. The zero-order chi connectivity index (χ0) is 13.5. The maximum Gasteiger partial charge on any atom is 0.273 e. The molecule has 2 aromatic rings. The molecule has 0 aliphatic carbocycles. The Labute approximate surface area is 103 Å². The highest BCUT2D eigenvalue weighted by Crippen LogP contribution is 2.37. The first-order valence-corrected chi connectivity index (χ1v) is 5.73. The number of nitrogen functional groups attached to an aromatic ring is 1. The molecule has 0 saturated carbocycles. The molecule has 0 aromatic heterocycles. The van der Waals surface area contributed by atoms with Gasteiger partial charge in [-0.2, -0.15) is 0 Å². The Morgan fingerprint density at radius 2 is 1.89 bits per heavy atom. The van der Waals surface area contributed by atoms with Crippen LogP contribution in [0.25, 0.3) is 10.8 Å². The molecule has 0 fully saturated rings. The van der Waals surface area contributed by atoms with Gasteiger partial charge in [0.15, 0.2) is 0 Å². The Hall–Kier alpha value is -1.71. The molecule has 1 nitrogen and oxygen atoms in total. The molecular weight excluding hydrogens is 239 g/mol. The Balaban J connectivity index is 2.95. The van der Waals surface area contributed by atoms with Gasteiger partial charge in [0, 0.05) is 12.6 Å². The lowest BCUT2D eigenvalue weighted by Crippen LogP contribution is -2.12. The van der Waals surface area contributed by atoms with Crippen molar-refractivity contribution < 1.29 is 13.2 Å². The second-order valence-corrected chi connectivity index (χ2v) is 4.44. The zero-order valence-electron chi connectivity index (χ0n) is 10.2. The van der Waals surface area contributed by atoms with E-state index < -0.39 is 17.3 Å². The normalized spacial score (nSPS) is 12.1. The number of hydrogen-bond acceptors (Lipinski definition) is 1. The number of alkyl halides is 2. The summed E-state index contributed by atoms with van der Waals surface area (Å²) >= 11 is 0. The Morgan fingerprint density at radius 1 is 1.22 bits per heavy atom. The first-order chi connectivity index (χ1) is 8.34. The lowest BCUT2D eigenvalue weighted by Gasteiger charge is -2.17. The first kappa shape index (κ1) is 12.7. The van der Waals surface area contributed by atoms with Crippen molar-refractivity contribution in [2.24, 2.45) is 0 Å². The minimum atomic E-state index is -3.22. The molecule has 0 atom stereocenters. The molecule has 18 heavy (non-hydrogen) atoms. The van der Waals surface area contributed by atoms with Crippen LogP contribution in [-0.4, -0.2) is 0 Å². The number of anilines is 1.